The van der Waals surface area contributed by atoms with Gasteiger partial charge in [0, 0.05) is 6.20 Å². The molecular weight excluding hydrogens is 264 g/mol. The van der Waals surface area contributed by atoms with Crippen molar-refractivity contribution in [3.63, 3.8) is 0 Å². The smallest absolute Gasteiger partial charge is 0.246 e. The van der Waals surface area contributed by atoms with Crippen molar-refractivity contribution < 1.29 is 4.79 Å². The van der Waals surface area contributed by atoms with Gasteiger partial charge in [0.15, 0.2) is 0 Å². The highest BCUT2D eigenvalue weighted by molar-refractivity contribution is 6.30. The Bertz CT molecular complexity index is 670. The Balaban J connectivity index is 2.20. The van der Waals surface area contributed by atoms with Gasteiger partial charge in [-0.1, -0.05) is 17.7 Å². The number of carbonyl (C=O) groups excluding carboxylic acids is 1. The molecule has 1 aliphatic heterocycles. The number of fused-ring (bicyclic) bond motifs is 1. The van der Waals surface area contributed by atoms with E-state index in [-0.39, 0.29) is 12.5 Å². The quantitative estimate of drug-likeness (QED) is 0.807. The SMILES string of the molecule is O=C1CN=C(c2ccccn2)c2nc(Cl)ccc2N1. The summed E-state index contributed by atoms with van der Waals surface area (Å²) in [5.41, 5.74) is 2.36. The Morgan fingerprint density at radius 1 is 1.21 bits per heavy atom. The number of nitrogens with zero attached hydrogens (tertiary/aromatic N) is 3. The summed E-state index contributed by atoms with van der Waals surface area (Å²) in [4.78, 5) is 24.4. The minimum absolute atomic E-state index is 0.0416. The van der Waals surface area contributed by atoms with Crippen molar-refractivity contribution in [2.75, 3.05) is 11.9 Å². The summed E-state index contributed by atoms with van der Waals surface area (Å²) < 4.78 is 0. The first-order valence-electron chi connectivity index (χ1n) is 5.66. The van der Waals surface area contributed by atoms with Crippen LogP contribution in [0.15, 0.2) is 41.5 Å². The summed E-state index contributed by atoms with van der Waals surface area (Å²) in [5, 5.41) is 3.09. The zero-order valence-corrected chi connectivity index (χ0v) is 10.6. The van der Waals surface area contributed by atoms with Crippen LogP contribution in [-0.2, 0) is 4.79 Å². The van der Waals surface area contributed by atoms with Gasteiger partial charge in [-0.25, -0.2) is 4.98 Å². The first-order chi connectivity index (χ1) is 9.24. The molecule has 5 nitrogen and oxygen atoms in total. The van der Waals surface area contributed by atoms with Crippen LogP contribution in [-0.4, -0.2) is 28.1 Å². The molecule has 1 N–H and O–H groups in total. The second-order valence-electron chi connectivity index (χ2n) is 3.96. The number of nitrogens with one attached hydrogen (secondary N) is 1. The molecule has 94 valence electrons. The molecule has 19 heavy (non-hydrogen) atoms. The summed E-state index contributed by atoms with van der Waals surface area (Å²) in [6.45, 7) is 0.0416. The average molecular weight is 273 g/mol. The van der Waals surface area contributed by atoms with E-state index in [1.165, 1.54) is 0 Å². The van der Waals surface area contributed by atoms with Crippen LogP contribution in [0.3, 0.4) is 0 Å². The maximum absolute atomic E-state index is 11.6. The van der Waals surface area contributed by atoms with Gasteiger partial charge in [-0.15, -0.1) is 0 Å². The highest BCUT2D eigenvalue weighted by Crippen LogP contribution is 2.22. The average Bonchev–Trinajstić information content (AvgIpc) is 2.58. The van der Waals surface area contributed by atoms with Crippen LogP contribution in [0.5, 0.6) is 0 Å². The first-order valence-corrected chi connectivity index (χ1v) is 6.04. The Hall–Kier alpha value is -2.27. The lowest BCUT2D eigenvalue weighted by Crippen LogP contribution is -2.13. The molecule has 0 fully saturated rings. The first kappa shape index (κ1) is 11.8. The van der Waals surface area contributed by atoms with Gasteiger partial charge < -0.3 is 5.32 Å². The zero-order valence-electron chi connectivity index (χ0n) is 9.80. The number of aliphatic imine (C=N–C) groups is 1. The summed E-state index contributed by atoms with van der Waals surface area (Å²) in [5.74, 6) is -0.184. The minimum Gasteiger partial charge on any atom is -0.323 e. The standard InChI is InChI=1S/C13H9ClN4O/c14-10-5-4-9-13(18-10)12(16-7-11(19)17-9)8-3-1-2-6-15-8/h1-6H,7H2,(H,17,19). The molecule has 2 aromatic heterocycles. The molecule has 1 aliphatic rings. The van der Waals surface area contributed by atoms with E-state index in [0.717, 1.165) is 0 Å². The Morgan fingerprint density at radius 2 is 2.11 bits per heavy atom. The molecule has 0 aliphatic carbocycles. The second kappa shape index (κ2) is 4.78. The van der Waals surface area contributed by atoms with Crippen LogP contribution < -0.4 is 5.32 Å². The Morgan fingerprint density at radius 3 is 2.89 bits per heavy atom. The summed E-state index contributed by atoms with van der Waals surface area (Å²) >= 11 is 5.92. The van der Waals surface area contributed by atoms with Crippen molar-refractivity contribution in [2.24, 2.45) is 4.99 Å². The highest BCUT2D eigenvalue weighted by atomic mass is 35.5. The van der Waals surface area contributed by atoms with Crippen LogP contribution in [0.1, 0.15) is 11.4 Å². The van der Waals surface area contributed by atoms with Crippen LogP contribution in [0.25, 0.3) is 0 Å². The summed E-state index contributed by atoms with van der Waals surface area (Å²) in [7, 11) is 0. The van der Waals surface area contributed by atoms with Crippen molar-refractivity contribution in [3.8, 4) is 0 Å². The number of halogens is 1. The lowest BCUT2D eigenvalue weighted by Gasteiger charge is -2.08. The fraction of sp³-hybridized carbons (Fsp3) is 0.0769. The molecule has 0 unspecified atom stereocenters. The highest BCUT2D eigenvalue weighted by Gasteiger charge is 2.20. The van der Waals surface area contributed by atoms with Crippen molar-refractivity contribution in [2.45, 2.75) is 0 Å². The Labute approximate surface area is 114 Å². The molecular formula is C13H9ClN4O. The van der Waals surface area contributed by atoms with E-state index >= 15 is 0 Å². The van der Waals surface area contributed by atoms with E-state index in [1.54, 1.807) is 18.3 Å². The predicted octanol–water partition coefficient (Wildman–Crippen LogP) is 1.92. The third-order valence-electron chi connectivity index (χ3n) is 2.65. The number of hydrogen-bond acceptors (Lipinski definition) is 4. The number of hydrogen-bond donors (Lipinski definition) is 1. The van der Waals surface area contributed by atoms with Gasteiger partial charge in [0.25, 0.3) is 0 Å². The van der Waals surface area contributed by atoms with Gasteiger partial charge in [-0.2, -0.15) is 0 Å². The van der Waals surface area contributed by atoms with E-state index in [2.05, 4.69) is 20.3 Å². The molecule has 6 heteroatoms. The van der Waals surface area contributed by atoms with Gasteiger partial charge in [0.1, 0.15) is 23.1 Å². The van der Waals surface area contributed by atoms with Crippen LogP contribution in [0.2, 0.25) is 5.15 Å². The molecule has 1 amide bonds. The molecule has 0 spiro atoms. The number of rotatable bonds is 1. The van der Waals surface area contributed by atoms with Crippen LogP contribution in [0, 0.1) is 0 Å². The number of aromatic nitrogens is 2. The van der Waals surface area contributed by atoms with E-state index in [9.17, 15) is 4.79 Å². The largest absolute Gasteiger partial charge is 0.323 e. The molecule has 0 saturated carbocycles. The Kier molecular flexibility index (Phi) is 2.97. The summed E-state index contributed by atoms with van der Waals surface area (Å²) in [6, 6.07) is 8.83. The van der Waals surface area contributed by atoms with Gasteiger partial charge in [-0.3, -0.25) is 14.8 Å². The zero-order chi connectivity index (χ0) is 13.2. The number of carbonyl (C=O) groups is 1. The van der Waals surface area contributed by atoms with Crippen molar-refractivity contribution in [3.05, 3.63) is 53.1 Å². The van der Waals surface area contributed by atoms with E-state index in [1.807, 2.05) is 18.2 Å². The van der Waals surface area contributed by atoms with Crippen molar-refractivity contribution in [1.82, 2.24) is 9.97 Å². The maximum Gasteiger partial charge on any atom is 0.246 e. The molecule has 0 radical (unpaired) electrons. The predicted molar refractivity (Wildman–Crippen MR) is 72.6 cm³/mol. The fourth-order valence-electron chi connectivity index (χ4n) is 1.84. The van der Waals surface area contributed by atoms with Gasteiger partial charge in [-0.05, 0) is 24.3 Å². The number of pyridine rings is 2. The molecule has 3 rings (SSSR count). The summed E-state index contributed by atoms with van der Waals surface area (Å²) in [6.07, 6.45) is 1.67. The van der Waals surface area contributed by atoms with Crippen LogP contribution >= 0.6 is 11.6 Å². The number of amides is 1. The third-order valence-corrected chi connectivity index (χ3v) is 2.86. The van der Waals surface area contributed by atoms with Crippen molar-refractivity contribution in [1.29, 1.82) is 0 Å². The molecule has 0 bridgehead atoms. The second-order valence-corrected chi connectivity index (χ2v) is 4.35. The molecule has 0 atom stereocenters. The van der Waals surface area contributed by atoms with E-state index < -0.39 is 0 Å². The lowest BCUT2D eigenvalue weighted by molar-refractivity contribution is -0.114. The fourth-order valence-corrected chi connectivity index (χ4v) is 1.98. The van der Waals surface area contributed by atoms with E-state index in [4.69, 9.17) is 11.6 Å². The molecule has 0 saturated heterocycles. The minimum atomic E-state index is -0.184. The third kappa shape index (κ3) is 2.32. The molecule has 3 heterocycles. The molecule has 0 aromatic carbocycles. The van der Waals surface area contributed by atoms with Gasteiger partial charge in [0.05, 0.1) is 11.4 Å². The molecule has 2 aromatic rings. The number of anilines is 1. The van der Waals surface area contributed by atoms with Gasteiger partial charge in [0.2, 0.25) is 5.91 Å². The maximum atomic E-state index is 11.6. The van der Waals surface area contributed by atoms with E-state index in [0.29, 0.717) is 27.9 Å². The monoisotopic (exact) mass is 272 g/mol. The van der Waals surface area contributed by atoms with Gasteiger partial charge >= 0.3 is 0 Å². The lowest BCUT2D eigenvalue weighted by atomic mass is 10.1. The van der Waals surface area contributed by atoms with Crippen molar-refractivity contribution >= 4 is 28.9 Å². The van der Waals surface area contributed by atoms with Crippen LogP contribution in [0.4, 0.5) is 5.69 Å². The normalized spacial score (nSPS) is 14.2. The topological polar surface area (TPSA) is 67.2 Å².